The number of benzene rings is 1. The first-order valence-electron chi connectivity index (χ1n) is 4.30. The SMILES string of the molecule is N[C@@H](CO)c1cccc(CC(=O)O)c1. The molecule has 0 aromatic heterocycles. The second-order valence-corrected chi connectivity index (χ2v) is 3.10. The minimum Gasteiger partial charge on any atom is -0.481 e. The maximum atomic E-state index is 10.4. The van der Waals surface area contributed by atoms with Crippen molar-refractivity contribution in [3.8, 4) is 0 Å². The van der Waals surface area contributed by atoms with E-state index in [1.807, 2.05) is 0 Å². The molecule has 0 aliphatic carbocycles. The number of hydrogen-bond donors (Lipinski definition) is 3. The second-order valence-electron chi connectivity index (χ2n) is 3.10. The number of rotatable bonds is 4. The highest BCUT2D eigenvalue weighted by Crippen LogP contribution is 2.12. The van der Waals surface area contributed by atoms with Crippen LogP contribution in [0.4, 0.5) is 0 Å². The van der Waals surface area contributed by atoms with Crippen molar-refractivity contribution in [2.75, 3.05) is 6.61 Å². The minimum absolute atomic E-state index is 0.0218. The lowest BCUT2D eigenvalue weighted by Gasteiger charge is -2.09. The van der Waals surface area contributed by atoms with Crippen LogP contribution in [0.2, 0.25) is 0 Å². The predicted molar refractivity (Wildman–Crippen MR) is 51.8 cm³/mol. The summed E-state index contributed by atoms with van der Waals surface area (Å²) in [5.41, 5.74) is 7.05. The molecule has 4 nitrogen and oxygen atoms in total. The Bertz CT molecular complexity index is 325. The van der Waals surface area contributed by atoms with Crippen molar-refractivity contribution in [2.24, 2.45) is 5.73 Å². The molecule has 1 atom stereocenters. The number of carbonyl (C=O) groups is 1. The number of carboxylic acids is 1. The van der Waals surface area contributed by atoms with Gasteiger partial charge in [0.2, 0.25) is 0 Å². The largest absolute Gasteiger partial charge is 0.481 e. The summed E-state index contributed by atoms with van der Waals surface area (Å²) in [4.78, 5) is 10.4. The Balaban J connectivity index is 2.83. The predicted octanol–water partition coefficient (Wildman–Crippen LogP) is 0.306. The van der Waals surface area contributed by atoms with Gasteiger partial charge < -0.3 is 15.9 Å². The normalized spacial score (nSPS) is 12.4. The fraction of sp³-hybridized carbons (Fsp3) is 0.300. The van der Waals surface area contributed by atoms with E-state index in [-0.39, 0.29) is 13.0 Å². The molecule has 0 amide bonds. The van der Waals surface area contributed by atoms with Crippen LogP contribution >= 0.6 is 0 Å². The number of hydrogen-bond acceptors (Lipinski definition) is 3. The van der Waals surface area contributed by atoms with Gasteiger partial charge in [-0.1, -0.05) is 24.3 Å². The monoisotopic (exact) mass is 195 g/mol. The van der Waals surface area contributed by atoms with Crippen LogP contribution < -0.4 is 5.73 Å². The van der Waals surface area contributed by atoms with Gasteiger partial charge in [0.15, 0.2) is 0 Å². The van der Waals surface area contributed by atoms with E-state index >= 15 is 0 Å². The molecule has 0 aliphatic rings. The van der Waals surface area contributed by atoms with Gasteiger partial charge in [0.1, 0.15) is 0 Å². The average Bonchev–Trinajstić information content (AvgIpc) is 2.16. The van der Waals surface area contributed by atoms with Crippen molar-refractivity contribution in [1.82, 2.24) is 0 Å². The van der Waals surface area contributed by atoms with Crippen LogP contribution in [-0.4, -0.2) is 22.8 Å². The first kappa shape index (κ1) is 10.7. The van der Waals surface area contributed by atoms with E-state index in [2.05, 4.69) is 0 Å². The van der Waals surface area contributed by atoms with Gasteiger partial charge in [-0.25, -0.2) is 0 Å². The maximum absolute atomic E-state index is 10.4. The summed E-state index contributed by atoms with van der Waals surface area (Å²) < 4.78 is 0. The van der Waals surface area contributed by atoms with Crippen LogP contribution in [0.25, 0.3) is 0 Å². The highest BCUT2D eigenvalue weighted by Gasteiger charge is 2.06. The summed E-state index contributed by atoms with van der Waals surface area (Å²) >= 11 is 0. The molecule has 0 radical (unpaired) electrons. The molecule has 0 heterocycles. The van der Waals surface area contributed by atoms with Crippen molar-refractivity contribution in [3.05, 3.63) is 35.4 Å². The molecule has 1 aromatic carbocycles. The number of aliphatic hydroxyl groups excluding tert-OH is 1. The number of carboxylic acid groups (broad SMARTS) is 1. The van der Waals surface area contributed by atoms with E-state index in [1.165, 1.54) is 0 Å². The van der Waals surface area contributed by atoms with E-state index in [9.17, 15) is 4.79 Å². The van der Waals surface area contributed by atoms with Crippen LogP contribution in [0.15, 0.2) is 24.3 Å². The van der Waals surface area contributed by atoms with Crippen molar-refractivity contribution in [2.45, 2.75) is 12.5 Å². The van der Waals surface area contributed by atoms with E-state index in [0.29, 0.717) is 5.56 Å². The Kier molecular flexibility index (Phi) is 3.62. The lowest BCUT2D eigenvalue weighted by Crippen LogP contribution is -2.14. The summed E-state index contributed by atoms with van der Waals surface area (Å²) in [5, 5.41) is 17.4. The highest BCUT2D eigenvalue weighted by molar-refractivity contribution is 5.70. The summed E-state index contributed by atoms with van der Waals surface area (Å²) in [6.07, 6.45) is -0.0218. The molecule has 0 bridgehead atoms. The molecule has 0 spiro atoms. The van der Waals surface area contributed by atoms with Gasteiger partial charge in [-0.2, -0.15) is 0 Å². The Hall–Kier alpha value is -1.39. The zero-order valence-corrected chi connectivity index (χ0v) is 7.68. The number of aliphatic carboxylic acids is 1. The number of nitrogens with two attached hydrogens (primary N) is 1. The Morgan fingerprint density at radius 3 is 2.79 bits per heavy atom. The molecule has 0 saturated heterocycles. The molecule has 4 N–H and O–H groups in total. The molecular weight excluding hydrogens is 182 g/mol. The molecule has 1 aromatic rings. The zero-order valence-electron chi connectivity index (χ0n) is 7.68. The van der Waals surface area contributed by atoms with Crippen LogP contribution in [0, 0.1) is 0 Å². The molecule has 0 saturated carbocycles. The molecule has 4 heteroatoms. The highest BCUT2D eigenvalue weighted by atomic mass is 16.4. The lowest BCUT2D eigenvalue weighted by atomic mass is 10.0. The smallest absolute Gasteiger partial charge is 0.307 e. The third-order valence-corrected chi connectivity index (χ3v) is 1.93. The van der Waals surface area contributed by atoms with E-state index in [1.54, 1.807) is 24.3 Å². The number of aliphatic hydroxyl groups is 1. The molecule has 0 fully saturated rings. The van der Waals surface area contributed by atoms with Crippen molar-refractivity contribution in [3.63, 3.8) is 0 Å². The molecule has 0 unspecified atom stereocenters. The molecule has 1 rings (SSSR count). The van der Waals surface area contributed by atoms with Gasteiger partial charge in [0, 0.05) is 0 Å². The Morgan fingerprint density at radius 1 is 1.50 bits per heavy atom. The fourth-order valence-corrected chi connectivity index (χ4v) is 1.21. The second kappa shape index (κ2) is 4.74. The van der Waals surface area contributed by atoms with Gasteiger partial charge in [0.25, 0.3) is 0 Å². The van der Waals surface area contributed by atoms with Gasteiger partial charge in [-0.05, 0) is 11.1 Å². The van der Waals surface area contributed by atoms with Crippen LogP contribution in [0.3, 0.4) is 0 Å². The summed E-state index contributed by atoms with van der Waals surface area (Å²) in [7, 11) is 0. The van der Waals surface area contributed by atoms with Gasteiger partial charge >= 0.3 is 5.97 Å². The third-order valence-electron chi connectivity index (χ3n) is 1.93. The first-order valence-corrected chi connectivity index (χ1v) is 4.30. The fourth-order valence-electron chi connectivity index (χ4n) is 1.21. The van der Waals surface area contributed by atoms with E-state index in [4.69, 9.17) is 15.9 Å². The topological polar surface area (TPSA) is 83.5 Å². The van der Waals surface area contributed by atoms with Crippen molar-refractivity contribution >= 4 is 5.97 Å². The molecule has 76 valence electrons. The van der Waals surface area contributed by atoms with Crippen molar-refractivity contribution < 1.29 is 15.0 Å². The van der Waals surface area contributed by atoms with Gasteiger partial charge in [-0.15, -0.1) is 0 Å². The van der Waals surface area contributed by atoms with E-state index in [0.717, 1.165) is 5.56 Å². The standard InChI is InChI=1S/C10H13NO3/c11-9(6-12)8-3-1-2-7(4-8)5-10(13)14/h1-4,9,12H,5-6,11H2,(H,13,14)/t9-/m0/s1. The third kappa shape index (κ3) is 2.83. The summed E-state index contributed by atoms with van der Waals surface area (Å²) in [6.45, 7) is -0.142. The molecular formula is C10H13NO3. The maximum Gasteiger partial charge on any atom is 0.307 e. The first-order chi connectivity index (χ1) is 6.63. The minimum atomic E-state index is -0.875. The quantitative estimate of drug-likeness (QED) is 0.645. The lowest BCUT2D eigenvalue weighted by molar-refractivity contribution is -0.136. The van der Waals surface area contributed by atoms with Crippen LogP contribution in [0.5, 0.6) is 0 Å². The van der Waals surface area contributed by atoms with Crippen LogP contribution in [-0.2, 0) is 11.2 Å². The zero-order chi connectivity index (χ0) is 10.6. The average molecular weight is 195 g/mol. The molecule has 0 aliphatic heterocycles. The Labute approximate surface area is 82.0 Å². The Morgan fingerprint density at radius 2 is 2.21 bits per heavy atom. The summed E-state index contributed by atoms with van der Waals surface area (Å²) in [5.74, 6) is -0.875. The van der Waals surface area contributed by atoms with Gasteiger partial charge in [0.05, 0.1) is 19.1 Å². The van der Waals surface area contributed by atoms with E-state index < -0.39 is 12.0 Å². The van der Waals surface area contributed by atoms with Crippen LogP contribution in [0.1, 0.15) is 17.2 Å². The van der Waals surface area contributed by atoms with Crippen molar-refractivity contribution in [1.29, 1.82) is 0 Å². The van der Waals surface area contributed by atoms with Gasteiger partial charge in [-0.3, -0.25) is 4.79 Å². The molecule has 14 heavy (non-hydrogen) atoms. The summed E-state index contributed by atoms with van der Waals surface area (Å²) in [6, 6.07) is 6.50.